The van der Waals surface area contributed by atoms with Crippen LogP contribution in [0.3, 0.4) is 0 Å². The molecule has 0 aliphatic carbocycles. The van der Waals surface area contributed by atoms with E-state index in [2.05, 4.69) is 25.6 Å². The van der Waals surface area contributed by atoms with Crippen molar-refractivity contribution >= 4 is 56.6 Å². The molecule has 0 amide bonds. The quantitative estimate of drug-likeness (QED) is 0.0778. The summed E-state index contributed by atoms with van der Waals surface area (Å²) in [6.07, 6.45) is -0.582. The van der Waals surface area contributed by atoms with E-state index in [1.807, 2.05) is 0 Å². The summed E-state index contributed by atoms with van der Waals surface area (Å²) in [5, 5.41) is 6.67. The first kappa shape index (κ1) is 47.7. The van der Waals surface area contributed by atoms with Crippen LogP contribution in [0.25, 0.3) is 0 Å². The minimum Gasteiger partial charge on any atom is -0.488 e. The van der Waals surface area contributed by atoms with Crippen molar-refractivity contribution in [3.8, 4) is 11.5 Å². The third kappa shape index (κ3) is 14.1. The Morgan fingerprint density at radius 2 is 1.16 bits per heavy atom. The van der Waals surface area contributed by atoms with Gasteiger partial charge in [0.05, 0.1) is 31.1 Å². The number of hydrogen-bond acceptors (Lipinski definition) is 12. The van der Waals surface area contributed by atoms with Gasteiger partial charge in [0, 0.05) is 40.1 Å². The maximum absolute atomic E-state index is 14.5. The second-order valence-electron chi connectivity index (χ2n) is 14.3. The lowest BCUT2D eigenvalue weighted by Gasteiger charge is -2.16. The van der Waals surface area contributed by atoms with Gasteiger partial charge >= 0.3 is 22.8 Å². The van der Waals surface area contributed by atoms with Gasteiger partial charge in [-0.3, -0.25) is 18.7 Å². The van der Waals surface area contributed by atoms with Gasteiger partial charge in [-0.2, -0.15) is 18.4 Å². The van der Waals surface area contributed by atoms with E-state index in [-0.39, 0.29) is 67.3 Å². The number of aromatic amines is 1. The number of rotatable bonds is 16. The minimum absolute atomic E-state index is 0.0130. The van der Waals surface area contributed by atoms with Crippen molar-refractivity contribution < 1.29 is 31.2 Å². The van der Waals surface area contributed by atoms with Crippen molar-refractivity contribution in [3.63, 3.8) is 0 Å². The Balaban J connectivity index is 0.000000243. The molecule has 0 atom stereocenters. The number of aromatic nitrogens is 6. The lowest BCUT2D eigenvalue weighted by molar-refractivity contribution is 0.231. The Bertz CT molecular complexity index is 2910. The predicted octanol–water partition coefficient (Wildman–Crippen LogP) is 6.36. The third-order valence-electron chi connectivity index (χ3n) is 8.47. The van der Waals surface area contributed by atoms with Crippen LogP contribution < -0.4 is 42.9 Å². The van der Waals surface area contributed by atoms with Crippen molar-refractivity contribution in [2.45, 2.75) is 66.0 Å². The average Bonchev–Trinajstić information content (AvgIpc) is 3.19. The largest absolute Gasteiger partial charge is 0.488 e. The monoisotopic (exact) mass is 930 g/mol. The van der Waals surface area contributed by atoms with Crippen LogP contribution >= 0.6 is 23.2 Å². The van der Waals surface area contributed by atoms with E-state index in [9.17, 15) is 36.4 Å². The lowest BCUT2D eigenvalue weighted by atomic mass is 10.2. The summed E-state index contributed by atoms with van der Waals surface area (Å²) in [4.78, 5) is 59.5. The fourth-order valence-electron chi connectivity index (χ4n) is 5.70. The minimum atomic E-state index is -4.26. The topological polar surface area (TPSA) is 222 Å². The summed E-state index contributed by atoms with van der Waals surface area (Å²) < 4.78 is 73.5. The first-order chi connectivity index (χ1) is 29.7. The van der Waals surface area contributed by atoms with Gasteiger partial charge in [0.25, 0.3) is 10.1 Å². The van der Waals surface area contributed by atoms with Crippen LogP contribution in [0, 0.1) is 11.6 Å². The van der Waals surface area contributed by atoms with Gasteiger partial charge in [0.1, 0.15) is 0 Å². The van der Waals surface area contributed by atoms with Crippen molar-refractivity contribution in [1.29, 1.82) is 0 Å². The highest BCUT2D eigenvalue weighted by atomic mass is 35.5. The van der Waals surface area contributed by atoms with Crippen LogP contribution in [0.5, 0.6) is 11.5 Å². The number of nitrogens with one attached hydrogen (secondary N) is 3. The Kier molecular flexibility index (Phi) is 16.0. The molecule has 0 radical (unpaired) electrons. The number of ether oxygens (including phenoxy) is 2. The molecule has 22 heteroatoms. The Hall–Kier alpha value is -6.35. The number of halogens is 4. The highest BCUT2D eigenvalue weighted by Gasteiger charge is 2.17. The molecule has 4 aromatic carbocycles. The van der Waals surface area contributed by atoms with Gasteiger partial charge < -0.3 is 20.1 Å². The molecule has 0 saturated carbocycles. The highest BCUT2D eigenvalue weighted by molar-refractivity contribution is 7.85. The van der Waals surface area contributed by atoms with Crippen LogP contribution in [-0.2, 0) is 29.8 Å². The van der Waals surface area contributed by atoms with Crippen molar-refractivity contribution in [2.24, 2.45) is 0 Å². The van der Waals surface area contributed by atoms with Gasteiger partial charge in [0.2, 0.25) is 11.9 Å². The molecule has 63 heavy (non-hydrogen) atoms. The van der Waals surface area contributed by atoms with Gasteiger partial charge in [-0.25, -0.2) is 32.5 Å². The van der Waals surface area contributed by atoms with E-state index in [1.165, 1.54) is 28.8 Å². The van der Waals surface area contributed by atoms with Crippen LogP contribution in [0.15, 0.2) is 104 Å². The van der Waals surface area contributed by atoms with E-state index >= 15 is 0 Å². The molecule has 2 heterocycles. The third-order valence-corrected chi connectivity index (χ3v) is 9.77. The van der Waals surface area contributed by atoms with Gasteiger partial charge in [-0.05, 0) is 93.8 Å². The molecule has 0 spiro atoms. The molecule has 6 aromatic rings. The SMILES string of the molecule is CC(C)Oc1ccc(Nc2nc(=O)[nH]c(=O)n2Cc2ccc(Cl)cc2)cc1F.CC(C)Oc1ccc(Nc2nc(=O)n(CCCS(=O)(=O)O)c(=O)n2Cc2ccc(Cl)cc2)cc1F. The van der Waals surface area contributed by atoms with E-state index in [4.69, 9.17) is 37.2 Å². The fourth-order valence-corrected chi connectivity index (χ4v) is 6.45. The Morgan fingerprint density at radius 3 is 1.60 bits per heavy atom. The normalized spacial score (nSPS) is 11.3. The number of anilines is 4. The lowest BCUT2D eigenvalue weighted by Crippen LogP contribution is -2.43. The molecule has 0 aliphatic heterocycles. The Morgan fingerprint density at radius 1 is 0.698 bits per heavy atom. The number of hydrogen-bond donors (Lipinski definition) is 4. The molecule has 0 aliphatic rings. The summed E-state index contributed by atoms with van der Waals surface area (Å²) in [5.74, 6) is -1.84. The molecule has 0 saturated heterocycles. The zero-order valence-corrected chi connectivity index (χ0v) is 36.5. The van der Waals surface area contributed by atoms with E-state index < -0.39 is 50.3 Å². The van der Waals surface area contributed by atoms with Crippen molar-refractivity contribution in [2.75, 3.05) is 16.4 Å². The van der Waals surface area contributed by atoms with Gasteiger partial charge in [-0.15, -0.1) is 0 Å². The number of H-pyrrole nitrogens is 1. The van der Waals surface area contributed by atoms with Gasteiger partial charge in [0.15, 0.2) is 23.1 Å². The van der Waals surface area contributed by atoms with Crippen molar-refractivity contribution in [1.82, 2.24) is 28.7 Å². The molecule has 6 rings (SSSR count). The van der Waals surface area contributed by atoms with Crippen molar-refractivity contribution in [3.05, 3.63) is 160 Å². The second-order valence-corrected chi connectivity index (χ2v) is 16.7. The second kappa shape index (κ2) is 21.1. The first-order valence-electron chi connectivity index (χ1n) is 19.1. The maximum Gasteiger partial charge on any atom is 0.354 e. The van der Waals surface area contributed by atoms with Gasteiger partial charge in [-0.1, -0.05) is 47.5 Å². The zero-order valence-electron chi connectivity index (χ0n) is 34.1. The summed E-state index contributed by atoms with van der Waals surface area (Å²) in [7, 11) is -4.26. The highest BCUT2D eigenvalue weighted by Crippen LogP contribution is 2.25. The average molecular weight is 932 g/mol. The molecular weight excluding hydrogens is 889 g/mol. The summed E-state index contributed by atoms with van der Waals surface area (Å²) in [6, 6.07) is 21.8. The summed E-state index contributed by atoms with van der Waals surface area (Å²) in [5.41, 5.74) is -1.17. The van der Waals surface area contributed by atoms with E-state index in [0.29, 0.717) is 21.3 Å². The molecule has 334 valence electrons. The number of benzene rings is 4. The maximum atomic E-state index is 14.5. The summed E-state index contributed by atoms with van der Waals surface area (Å²) in [6.45, 7) is 6.95. The molecule has 0 unspecified atom stereocenters. The molecule has 17 nitrogen and oxygen atoms in total. The number of nitrogens with zero attached hydrogens (tertiary/aromatic N) is 5. The van der Waals surface area contributed by atoms with Crippen LogP contribution in [0.2, 0.25) is 10.0 Å². The standard InChI is InChI=1S/C22H24ClFN4O6S.C19H18ClFN4O3/c1-14(2)34-19-9-8-17(12-18(19)24)25-20-26-21(29)27(10-3-11-35(31,32)33)22(30)28(20)13-15-4-6-16(23)7-5-15;1-11(2)28-16-8-7-14(9-15(16)21)22-17-23-18(26)24-19(27)25(17)10-12-3-5-13(20)6-4-12/h4-9,12,14H,3,10-11,13H2,1-2H3,(H,25,26,29)(H,31,32,33);3-9,11H,10H2,1-2H3,(H2,22,23,24,26,27). The molecule has 0 fully saturated rings. The zero-order chi connectivity index (χ0) is 46.0. The smallest absolute Gasteiger partial charge is 0.354 e. The van der Waals surface area contributed by atoms with Crippen LogP contribution in [-0.4, -0.2) is 59.6 Å². The Labute approximate surface area is 368 Å². The molecule has 0 bridgehead atoms. The summed E-state index contributed by atoms with van der Waals surface area (Å²) >= 11 is 11.8. The van der Waals surface area contributed by atoms with Crippen LogP contribution in [0.1, 0.15) is 45.2 Å². The molecule has 4 N–H and O–H groups in total. The van der Waals surface area contributed by atoms with E-state index in [1.54, 1.807) is 82.3 Å². The fraction of sp³-hybridized carbons (Fsp3) is 0.268. The molecular formula is C41H42Cl2F2N8O9S. The van der Waals surface area contributed by atoms with E-state index in [0.717, 1.165) is 20.8 Å². The predicted molar refractivity (Wildman–Crippen MR) is 235 cm³/mol. The van der Waals surface area contributed by atoms with Crippen LogP contribution in [0.4, 0.5) is 32.1 Å². The molecule has 2 aromatic heterocycles. The first-order valence-corrected chi connectivity index (χ1v) is 21.4.